The van der Waals surface area contributed by atoms with Crippen molar-refractivity contribution in [2.75, 3.05) is 25.5 Å². The fourth-order valence-corrected chi connectivity index (χ4v) is 4.75. The third-order valence-corrected chi connectivity index (χ3v) is 6.21. The van der Waals surface area contributed by atoms with Crippen molar-refractivity contribution < 1.29 is 13.9 Å². The lowest BCUT2D eigenvalue weighted by molar-refractivity contribution is 0.100. The molecule has 31 heavy (non-hydrogen) atoms. The van der Waals surface area contributed by atoms with Gasteiger partial charge in [0.1, 0.15) is 17.4 Å². The topological polar surface area (TPSA) is 72.3 Å². The Hall–Kier alpha value is -3.26. The van der Waals surface area contributed by atoms with Crippen LogP contribution in [0.2, 0.25) is 0 Å². The number of carbonyl (C=O) groups is 1. The highest BCUT2D eigenvalue weighted by atomic mass is 19.1. The Bertz CT molecular complexity index is 1110. The number of benzene rings is 2. The summed E-state index contributed by atoms with van der Waals surface area (Å²) in [6.07, 6.45) is 0.799. The Labute approximate surface area is 179 Å². The van der Waals surface area contributed by atoms with E-state index >= 15 is 0 Å². The van der Waals surface area contributed by atoms with Crippen molar-refractivity contribution in [1.29, 1.82) is 0 Å². The standard InChI is InChI=1S/C23H24FN5O2/c1-31-20-8-3-2-5-15(20)11-28-12-16-9-21-26-27-22(29(21)14-17(16)13-28)23(30)25-19-7-4-6-18(24)10-19/h2-8,10,16-17H,9,11-14H2,1H3,(H,25,30)/t16-,17+/m1/s1. The largest absolute Gasteiger partial charge is 0.496 e. The molecule has 1 amide bonds. The van der Waals surface area contributed by atoms with Crippen molar-refractivity contribution in [3.63, 3.8) is 0 Å². The molecule has 1 aromatic heterocycles. The molecule has 2 atom stereocenters. The Morgan fingerprint density at radius 1 is 1.13 bits per heavy atom. The number of methoxy groups -OCH3 is 1. The van der Waals surface area contributed by atoms with E-state index < -0.39 is 5.82 Å². The highest BCUT2D eigenvalue weighted by Gasteiger charge is 2.39. The fourth-order valence-electron chi connectivity index (χ4n) is 4.75. The number of hydrogen-bond acceptors (Lipinski definition) is 5. The lowest BCUT2D eigenvalue weighted by Crippen LogP contribution is -2.31. The van der Waals surface area contributed by atoms with Crippen LogP contribution >= 0.6 is 0 Å². The van der Waals surface area contributed by atoms with Crippen LogP contribution in [0.25, 0.3) is 0 Å². The molecule has 1 saturated heterocycles. The van der Waals surface area contributed by atoms with Gasteiger partial charge >= 0.3 is 0 Å². The predicted octanol–water partition coefficient (Wildman–Crippen LogP) is 2.98. The molecule has 3 aromatic rings. The second kappa shape index (κ2) is 8.11. The molecule has 0 unspecified atom stereocenters. The van der Waals surface area contributed by atoms with E-state index in [0.29, 0.717) is 24.1 Å². The number of ether oxygens (including phenoxy) is 1. The number of halogens is 1. The molecule has 8 heteroatoms. The SMILES string of the molecule is COc1ccccc1CN1C[C@H]2Cc3nnc(C(=O)Nc4cccc(F)c4)n3C[C@@H]2C1. The van der Waals surface area contributed by atoms with Gasteiger partial charge in [-0.3, -0.25) is 9.69 Å². The normalized spacial score (nSPS) is 20.2. The molecular formula is C23H24FN5O2. The van der Waals surface area contributed by atoms with E-state index in [4.69, 9.17) is 4.74 Å². The van der Waals surface area contributed by atoms with Crippen LogP contribution in [-0.4, -0.2) is 45.8 Å². The number of rotatable bonds is 5. The molecule has 1 fully saturated rings. The van der Waals surface area contributed by atoms with Gasteiger partial charge in [-0.25, -0.2) is 4.39 Å². The zero-order chi connectivity index (χ0) is 21.4. The van der Waals surface area contributed by atoms with Crippen molar-refractivity contribution >= 4 is 11.6 Å². The van der Waals surface area contributed by atoms with Crippen LogP contribution in [0.3, 0.4) is 0 Å². The van der Waals surface area contributed by atoms with E-state index in [2.05, 4.69) is 26.5 Å². The molecule has 160 valence electrons. The minimum Gasteiger partial charge on any atom is -0.496 e. The Morgan fingerprint density at radius 2 is 1.97 bits per heavy atom. The summed E-state index contributed by atoms with van der Waals surface area (Å²) in [7, 11) is 1.70. The summed E-state index contributed by atoms with van der Waals surface area (Å²) >= 11 is 0. The number of hydrogen-bond donors (Lipinski definition) is 1. The summed E-state index contributed by atoms with van der Waals surface area (Å²) < 4.78 is 20.8. The van der Waals surface area contributed by atoms with Crippen LogP contribution in [0.4, 0.5) is 10.1 Å². The van der Waals surface area contributed by atoms with Gasteiger partial charge in [0, 0.05) is 43.9 Å². The van der Waals surface area contributed by atoms with E-state index in [1.54, 1.807) is 19.2 Å². The van der Waals surface area contributed by atoms with Crippen molar-refractivity contribution in [3.8, 4) is 5.75 Å². The first-order valence-electron chi connectivity index (χ1n) is 10.4. The van der Waals surface area contributed by atoms with E-state index in [-0.39, 0.29) is 11.7 Å². The molecule has 2 aromatic carbocycles. The van der Waals surface area contributed by atoms with E-state index in [0.717, 1.165) is 37.6 Å². The molecule has 0 spiro atoms. The summed E-state index contributed by atoms with van der Waals surface area (Å²) in [6.45, 7) is 3.48. The molecule has 1 N–H and O–H groups in total. The van der Waals surface area contributed by atoms with Gasteiger partial charge in [0.2, 0.25) is 5.82 Å². The van der Waals surface area contributed by atoms with Crippen LogP contribution < -0.4 is 10.1 Å². The number of fused-ring (bicyclic) bond motifs is 2. The summed E-state index contributed by atoms with van der Waals surface area (Å²) in [5, 5.41) is 11.1. The maximum absolute atomic E-state index is 13.4. The smallest absolute Gasteiger partial charge is 0.293 e. The summed E-state index contributed by atoms with van der Waals surface area (Å²) in [5.74, 6) is 2.18. The van der Waals surface area contributed by atoms with Gasteiger partial charge in [0.25, 0.3) is 5.91 Å². The van der Waals surface area contributed by atoms with Crippen molar-refractivity contribution in [3.05, 3.63) is 71.6 Å². The second-order valence-corrected chi connectivity index (χ2v) is 8.25. The van der Waals surface area contributed by atoms with Gasteiger partial charge < -0.3 is 14.6 Å². The van der Waals surface area contributed by atoms with Gasteiger partial charge in [0.05, 0.1) is 7.11 Å². The molecule has 0 saturated carbocycles. The van der Waals surface area contributed by atoms with Crippen LogP contribution in [0, 0.1) is 17.7 Å². The minimum atomic E-state index is -0.398. The van der Waals surface area contributed by atoms with Crippen molar-refractivity contribution in [2.24, 2.45) is 11.8 Å². The van der Waals surface area contributed by atoms with Crippen molar-refractivity contribution in [1.82, 2.24) is 19.7 Å². The monoisotopic (exact) mass is 421 g/mol. The fraction of sp³-hybridized carbons (Fsp3) is 0.348. The molecule has 3 heterocycles. The summed E-state index contributed by atoms with van der Waals surface area (Å²) in [5.41, 5.74) is 1.58. The lowest BCUT2D eigenvalue weighted by Gasteiger charge is -2.25. The number of amides is 1. The lowest BCUT2D eigenvalue weighted by atomic mass is 9.89. The second-order valence-electron chi connectivity index (χ2n) is 8.25. The Kier molecular flexibility index (Phi) is 5.15. The van der Waals surface area contributed by atoms with E-state index in [1.807, 2.05) is 22.8 Å². The number of nitrogens with zero attached hydrogens (tertiary/aromatic N) is 4. The Morgan fingerprint density at radius 3 is 2.81 bits per heavy atom. The first-order chi connectivity index (χ1) is 15.1. The first-order valence-corrected chi connectivity index (χ1v) is 10.4. The van der Waals surface area contributed by atoms with Crippen LogP contribution in [0.5, 0.6) is 5.75 Å². The average Bonchev–Trinajstić information content (AvgIpc) is 3.35. The quantitative estimate of drug-likeness (QED) is 0.686. The van der Waals surface area contributed by atoms with E-state index in [1.165, 1.54) is 17.7 Å². The number of carbonyl (C=O) groups excluding carboxylic acids is 1. The zero-order valence-electron chi connectivity index (χ0n) is 17.3. The number of aromatic nitrogens is 3. The van der Waals surface area contributed by atoms with Gasteiger partial charge in [-0.1, -0.05) is 24.3 Å². The highest BCUT2D eigenvalue weighted by Crippen LogP contribution is 2.34. The van der Waals surface area contributed by atoms with Gasteiger partial charge in [-0.15, -0.1) is 10.2 Å². The third kappa shape index (κ3) is 3.90. The molecule has 0 radical (unpaired) electrons. The number of para-hydroxylation sites is 1. The average molecular weight is 421 g/mol. The Balaban J connectivity index is 1.28. The molecule has 0 bridgehead atoms. The molecular weight excluding hydrogens is 397 g/mol. The minimum absolute atomic E-state index is 0.279. The van der Waals surface area contributed by atoms with E-state index in [9.17, 15) is 9.18 Å². The molecule has 2 aliphatic heterocycles. The molecule has 7 nitrogen and oxygen atoms in total. The summed E-state index contributed by atoms with van der Waals surface area (Å²) in [6, 6.07) is 13.9. The molecule has 2 aliphatic rings. The van der Waals surface area contributed by atoms with Crippen LogP contribution in [-0.2, 0) is 19.5 Å². The third-order valence-electron chi connectivity index (χ3n) is 6.21. The highest BCUT2D eigenvalue weighted by molar-refractivity contribution is 6.01. The number of likely N-dealkylation sites (tertiary alicyclic amines) is 1. The van der Waals surface area contributed by atoms with Crippen LogP contribution in [0.15, 0.2) is 48.5 Å². The van der Waals surface area contributed by atoms with Crippen molar-refractivity contribution in [2.45, 2.75) is 19.5 Å². The summed E-state index contributed by atoms with van der Waals surface area (Å²) in [4.78, 5) is 15.2. The zero-order valence-corrected chi connectivity index (χ0v) is 17.3. The molecule has 5 rings (SSSR count). The van der Waals surface area contributed by atoms with Gasteiger partial charge in [0.15, 0.2) is 0 Å². The maximum atomic E-state index is 13.4. The predicted molar refractivity (Wildman–Crippen MR) is 113 cm³/mol. The number of anilines is 1. The first kappa shape index (κ1) is 19.7. The van der Waals surface area contributed by atoms with Gasteiger partial charge in [-0.2, -0.15) is 0 Å². The maximum Gasteiger partial charge on any atom is 0.293 e. The molecule has 0 aliphatic carbocycles. The number of nitrogens with one attached hydrogen (secondary N) is 1. The van der Waals surface area contributed by atoms with Gasteiger partial charge in [-0.05, 0) is 36.1 Å². The van der Waals surface area contributed by atoms with Crippen LogP contribution in [0.1, 0.15) is 22.0 Å².